The fourth-order valence-corrected chi connectivity index (χ4v) is 2.43. The van der Waals surface area contributed by atoms with E-state index in [-0.39, 0.29) is 11.0 Å². The molecular weight excluding hydrogens is 310 g/mol. The molecule has 0 fully saturated rings. The van der Waals surface area contributed by atoms with E-state index in [4.69, 9.17) is 0 Å². The first-order valence-corrected chi connectivity index (χ1v) is 8.20. The Labute approximate surface area is 149 Å². The molecule has 2 rings (SSSR count). The number of nitrogens with zero attached hydrogens (tertiary/aromatic N) is 1. The van der Waals surface area contributed by atoms with Crippen molar-refractivity contribution in [3.05, 3.63) is 77.5 Å². The van der Waals surface area contributed by atoms with Crippen LogP contribution in [0.15, 0.2) is 66.4 Å². The lowest BCUT2D eigenvalue weighted by Gasteiger charge is -2.22. The van der Waals surface area contributed by atoms with Gasteiger partial charge in [0.1, 0.15) is 11.6 Å². The maximum atomic E-state index is 12.2. The molecule has 0 aliphatic rings. The Bertz CT molecular complexity index is 796. The number of hydrogen-bond acceptors (Lipinski definition) is 3. The molecule has 25 heavy (non-hydrogen) atoms. The minimum absolute atomic E-state index is 0.0413. The highest BCUT2D eigenvalue weighted by atomic mass is 16.1. The Morgan fingerprint density at radius 2 is 1.72 bits per heavy atom. The second kappa shape index (κ2) is 8.16. The molecule has 2 aromatic carbocycles. The summed E-state index contributed by atoms with van der Waals surface area (Å²) in [6, 6.07) is 19.4. The van der Waals surface area contributed by atoms with Crippen molar-refractivity contribution in [2.75, 3.05) is 5.32 Å². The lowest BCUT2D eigenvalue weighted by molar-refractivity contribution is -0.117. The highest BCUT2D eigenvalue weighted by Crippen LogP contribution is 2.29. The van der Waals surface area contributed by atoms with E-state index in [1.54, 1.807) is 0 Å². The number of rotatable bonds is 5. The van der Waals surface area contributed by atoms with Gasteiger partial charge in [0, 0.05) is 18.4 Å². The molecule has 0 atom stereocenters. The van der Waals surface area contributed by atoms with Gasteiger partial charge in [-0.2, -0.15) is 5.26 Å². The van der Waals surface area contributed by atoms with E-state index in [0.717, 1.165) is 16.8 Å². The van der Waals surface area contributed by atoms with Crippen LogP contribution in [-0.2, 0) is 16.8 Å². The van der Waals surface area contributed by atoms with Gasteiger partial charge in [-0.3, -0.25) is 4.79 Å². The van der Waals surface area contributed by atoms with E-state index < -0.39 is 5.91 Å². The summed E-state index contributed by atoms with van der Waals surface area (Å²) in [4.78, 5) is 12.2. The largest absolute Gasteiger partial charge is 0.360 e. The molecule has 0 heterocycles. The van der Waals surface area contributed by atoms with Crippen LogP contribution in [0.2, 0.25) is 0 Å². The van der Waals surface area contributed by atoms with Crippen molar-refractivity contribution in [3.63, 3.8) is 0 Å². The number of anilines is 1. The molecule has 0 radical (unpaired) electrons. The molecule has 2 N–H and O–H groups in total. The third kappa shape index (κ3) is 5.22. The molecule has 4 nitrogen and oxygen atoms in total. The number of nitriles is 1. The normalized spacial score (nSPS) is 11.5. The number of amides is 1. The van der Waals surface area contributed by atoms with E-state index >= 15 is 0 Å². The number of carbonyl (C=O) groups is 1. The summed E-state index contributed by atoms with van der Waals surface area (Å²) in [5.74, 6) is -0.396. The van der Waals surface area contributed by atoms with Gasteiger partial charge in [-0.15, -0.1) is 0 Å². The van der Waals surface area contributed by atoms with Gasteiger partial charge < -0.3 is 10.6 Å². The van der Waals surface area contributed by atoms with E-state index in [9.17, 15) is 10.1 Å². The molecule has 1 amide bonds. The molecule has 0 aromatic heterocycles. The van der Waals surface area contributed by atoms with Crippen molar-refractivity contribution >= 4 is 11.6 Å². The number of para-hydroxylation sites is 1. The van der Waals surface area contributed by atoms with E-state index in [2.05, 4.69) is 31.4 Å². The maximum absolute atomic E-state index is 12.2. The molecule has 0 unspecified atom stereocenters. The lowest BCUT2D eigenvalue weighted by atomic mass is 9.86. The predicted octanol–water partition coefficient (Wildman–Crippen LogP) is 4.12. The van der Waals surface area contributed by atoms with Gasteiger partial charge in [-0.05, 0) is 22.6 Å². The average molecular weight is 333 g/mol. The van der Waals surface area contributed by atoms with Crippen LogP contribution in [0.1, 0.15) is 31.9 Å². The minimum atomic E-state index is -0.396. The zero-order chi connectivity index (χ0) is 18.3. The Hall–Kier alpha value is -3.06. The quantitative estimate of drug-likeness (QED) is 0.639. The van der Waals surface area contributed by atoms with Crippen molar-refractivity contribution in [1.82, 2.24) is 5.32 Å². The molecule has 0 aliphatic heterocycles. The summed E-state index contributed by atoms with van der Waals surface area (Å²) in [5.41, 5.74) is 2.99. The first kappa shape index (κ1) is 18.3. The first-order valence-electron chi connectivity index (χ1n) is 8.20. The number of carbonyl (C=O) groups excluding carboxylic acids is 1. The van der Waals surface area contributed by atoms with Crippen molar-refractivity contribution in [2.24, 2.45) is 0 Å². The average Bonchev–Trinajstić information content (AvgIpc) is 2.61. The van der Waals surface area contributed by atoms with Crippen LogP contribution in [0, 0.1) is 11.3 Å². The molecular formula is C21H23N3O. The summed E-state index contributed by atoms with van der Waals surface area (Å²) in [6.45, 7) is 6.75. The minimum Gasteiger partial charge on any atom is -0.360 e. The molecule has 128 valence electrons. The van der Waals surface area contributed by atoms with Gasteiger partial charge in [0.25, 0.3) is 5.91 Å². The van der Waals surface area contributed by atoms with Gasteiger partial charge in [-0.1, -0.05) is 69.3 Å². The Morgan fingerprint density at radius 3 is 2.36 bits per heavy atom. The Balaban J connectivity index is 2.08. The lowest BCUT2D eigenvalue weighted by Crippen LogP contribution is -2.24. The number of nitrogens with one attached hydrogen (secondary N) is 2. The monoisotopic (exact) mass is 333 g/mol. The SMILES string of the molecule is CC(C)(C)c1ccccc1N/C=C(/C#N)C(=O)NCc1ccccc1. The fraction of sp³-hybridized carbons (Fsp3) is 0.238. The smallest absolute Gasteiger partial charge is 0.263 e. The third-order valence-corrected chi connectivity index (χ3v) is 3.77. The molecule has 0 spiro atoms. The van der Waals surface area contributed by atoms with Gasteiger partial charge in [0.2, 0.25) is 0 Å². The second-order valence-corrected chi connectivity index (χ2v) is 6.78. The molecule has 0 saturated heterocycles. The standard InChI is InChI=1S/C21H23N3O/c1-21(2,3)18-11-7-8-12-19(18)23-15-17(13-22)20(25)24-14-16-9-5-4-6-10-16/h4-12,15,23H,14H2,1-3H3,(H,24,25)/b17-15-. The van der Waals surface area contributed by atoms with Crippen LogP contribution in [0.3, 0.4) is 0 Å². The van der Waals surface area contributed by atoms with Crippen LogP contribution in [-0.4, -0.2) is 5.91 Å². The van der Waals surface area contributed by atoms with Crippen LogP contribution >= 0.6 is 0 Å². The maximum Gasteiger partial charge on any atom is 0.263 e. The molecule has 0 bridgehead atoms. The number of hydrogen-bond donors (Lipinski definition) is 2. The van der Waals surface area contributed by atoms with Crippen LogP contribution in [0.25, 0.3) is 0 Å². The first-order chi connectivity index (χ1) is 11.9. The summed E-state index contributed by atoms with van der Waals surface area (Å²) < 4.78 is 0. The summed E-state index contributed by atoms with van der Waals surface area (Å²) >= 11 is 0. The van der Waals surface area contributed by atoms with E-state index in [1.807, 2.05) is 60.7 Å². The van der Waals surface area contributed by atoms with Crippen molar-refractivity contribution < 1.29 is 4.79 Å². The highest BCUT2D eigenvalue weighted by molar-refractivity contribution is 5.97. The Kier molecular flexibility index (Phi) is 5.97. The van der Waals surface area contributed by atoms with Crippen LogP contribution < -0.4 is 10.6 Å². The van der Waals surface area contributed by atoms with E-state index in [1.165, 1.54) is 6.20 Å². The number of benzene rings is 2. The van der Waals surface area contributed by atoms with Gasteiger partial charge in [-0.25, -0.2) is 0 Å². The van der Waals surface area contributed by atoms with Crippen molar-refractivity contribution in [3.8, 4) is 6.07 Å². The van der Waals surface area contributed by atoms with Crippen LogP contribution in [0.5, 0.6) is 0 Å². The predicted molar refractivity (Wildman–Crippen MR) is 101 cm³/mol. The Morgan fingerprint density at radius 1 is 1.08 bits per heavy atom. The third-order valence-electron chi connectivity index (χ3n) is 3.77. The highest BCUT2D eigenvalue weighted by Gasteiger charge is 2.17. The summed E-state index contributed by atoms with van der Waals surface area (Å²) in [6.07, 6.45) is 1.46. The summed E-state index contributed by atoms with van der Waals surface area (Å²) in [7, 11) is 0. The summed E-state index contributed by atoms with van der Waals surface area (Å²) in [5, 5.41) is 15.1. The van der Waals surface area contributed by atoms with Crippen molar-refractivity contribution in [2.45, 2.75) is 32.7 Å². The van der Waals surface area contributed by atoms with Crippen LogP contribution in [0.4, 0.5) is 5.69 Å². The van der Waals surface area contributed by atoms with Crippen molar-refractivity contribution in [1.29, 1.82) is 5.26 Å². The molecule has 0 aliphatic carbocycles. The molecule has 0 saturated carbocycles. The van der Waals surface area contributed by atoms with E-state index in [0.29, 0.717) is 6.54 Å². The fourth-order valence-electron chi connectivity index (χ4n) is 2.43. The second-order valence-electron chi connectivity index (χ2n) is 6.78. The molecule has 4 heteroatoms. The topological polar surface area (TPSA) is 64.9 Å². The van der Waals surface area contributed by atoms with Gasteiger partial charge >= 0.3 is 0 Å². The zero-order valence-corrected chi connectivity index (χ0v) is 14.8. The molecule has 2 aromatic rings. The van der Waals surface area contributed by atoms with Gasteiger partial charge in [0.15, 0.2) is 0 Å². The van der Waals surface area contributed by atoms with Gasteiger partial charge in [0.05, 0.1) is 0 Å². The zero-order valence-electron chi connectivity index (χ0n) is 14.8.